The Labute approximate surface area is 57.5 Å². The monoisotopic (exact) mass is 125 g/mol. The fourth-order valence-electron chi connectivity index (χ4n) is 0.604. The molecule has 52 valence electrons. The van der Waals surface area contributed by atoms with E-state index < -0.39 is 0 Å². The van der Waals surface area contributed by atoms with Crippen molar-refractivity contribution in [3.63, 3.8) is 0 Å². The summed E-state index contributed by atoms with van der Waals surface area (Å²) in [7, 11) is 1.83. The third-order valence-electron chi connectivity index (χ3n) is 1.20. The van der Waals surface area contributed by atoms with E-state index in [1.54, 1.807) is 0 Å². The average molecular weight is 125 g/mol. The number of rotatable bonds is 3. The second kappa shape index (κ2) is 5.54. The Morgan fingerprint density at radius 3 is 2.44 bits per heavy atom. The lowest BCUT2D eigenvalue weighted by atomic mass is 10.2. The maximum absolute atomic E-state index is 4.07. The summed E-state index contributed by atoms with van der Waals surface area (Å²) in [6, 6.07) is 0. The predicted molar refractivity (Wildman–Crippen MR) is 43.1 cm³/mol. The first-order chi connectivity index (χ1) is 4.35. The summed E-state index contributed by atoms with van der Waals surface area (Å²) < 4.78 is 0. The van der Waals surface area contributed by atoms with Gasteiger partial charge in [-0.3, -0.25) is 4.99 Å². The molecular formula is C8H15N. The fourth-order valence-corrected chi connectivity index (χ4v) is 0.604. The van der Waals surface area contributed by atoms with Crippen LogP contribution < -0.4 is 0 Å². The van der Waals surface area contributed by atoms with Crippen LogP contribution in [-0.2, 0) is 0 Å². The molecule has 0 aliphatic heterocycles. The zero-order valence-corrected chi connectivity index (χ0v) is 6.52. The first-order valence-electron chi connectivity index (χ1n) is 3.47. The van der Waals surface area contributed by atoms with Gasteiger partial charge < -0.3 is 0 Å². The number of aliphatic imine (C=N–C) groups is 1. The highest BCUT2D eigenvalue weighted by atomic mass is 14.7. The zero-order chi connectivity index (χ0) is 7.11. The molecule has 0 radical (unpaired) electrons. The highest BCUT2D eigenvalue weighted by molar-refractivity contribution is 5.94. The largest absolute Gasteiger partial charge is 0.293 e. The molecule has 0 unspecified atom stereocenters. The maximum atomic E-state index is 4.07. The van der Waals surface area contributed by atoms with Gasteiger partial charge in [-0.25, -0.2) is 0 Å². The van der Waals surface area contributed by atoms with Gasteiger partial charge in [-0.15, -0.1) is 0 Å². The van der Waals surface area contributed by atoms with Crippen molar-refractivity contribution in [2.45, 2.75) is 26.7 Å². The lowest BCUT2D eigenvalue weighted by molar-refractivity contribution is 1.21. The second-order valence-electron chi connectivity index (χ2n) is 1.88. The van der Waals surface area contributed by atoms with Crippen LogP contribution in [-0.4, -0.2) is 12.8 Å². The van der Waals surface area contributed by atoms with Crippen LogP contribution in [0.25, 0.3) is 0 Å². The summed E-state index contributed by atoms with van der Waals surface area (Å²) >= 11 is 0. The van der Waals surface area contributed by atoms with Crippen molar-refractivity contribution >= 4 is 5.71 Å². The van der Waals surface area contributed by atoms with Gasteiger partial charge in [0.05, 0.1) is 0 Å². The molecule has 0 N–H and O–H groups in total. The first kappa shape index (κ1) is 8.41. The highest BCUT2D eigenvalue weighted by Gasteiger charge is 1.83. The molecule has 0 saturated heterocycles. The van der Waals surface area contributed by atoms with Crippen molar-refractivity contribution in [3.8, 4) is 0 Å². The minimum atomic E-state index is 1.03. The summed E-state index contributed by atoms with van der Waals surface area (Å²) in [5.74, 6) is 0. The molecule has 0 spiro atoms. The van der Waals surface area contributed by atoms with E-state index in [4.69, 9.17) is 0 Å². The van der Waals surface area contributed by atoms with Crippen LogP contribution in [0.5, 0.6) is 0 Å². The molecular weight excluding hydrogens is 110 g/mol. The average Bonchev–Trinajstić information content (AvgIpc) is 1.91. The van der Waals surface area contributed by atoms with Crippen LogP contribution in [0.15, 0.2) is 17.1 Å². The number of hydrogen-bond donors (Lipinski definition) is 0. The molecule has 0 aromatic rings. The number of hydrogen-bond acceptors (Lipinski definition) is 1. The smallest absolute Gasteiger partial charge is 0.0338 e. The van der Waals surface area contributed by atoms with E-state index >= 15 is 0 Å². The van der Waals surface area contributed by atoms with Crippen molar-refractivity contribution in [1.82, 2.24) is 0 Å². The van der Waals surface area contributed by atoms with Crippen LogP contribution in [0.2, 0.25) is 0 Å². The highest BCUT2D eigenvalue weighted by Crippen LogP contribution is 1.88. The number of allylic oxidation sites excluding steroid dienone is 2. The Morgan fingerprint density at radius 2 is 2.11 bits per heavy atom. The van der Waals surface area contributed by atoms with Crippen LogP contribution in [0.4, 0.5) is 0 Å². The molecule has 0 amide bonds. The lowest BCUT2D eigenvalue weighted by Crippen LogP contribution is -1.87. The van der Waals surface area contributed by atoms with Crippen LogP contribution in [0.3, 0.4) is 0 Å². The Kier molecular flexibility index (Phi) is 5.18. The summed E-state index contributed by atoms with van der Waals surface area (Å²) in [5, 5.41) is 0. The predicted octanol–water partition coefficient (Wildman–Crippen LogP) is 2.43. The van der Waals surface area contributed by atoms with Crippen LogP contribution in [0.1, 0.15) is 26.7 Å². The summed E-state index contributed by atoms with van der Waals surface area (Å²) in [6.07, 6.45) is 6.35. The molecule has 0 saturated carbocycles. The second-order valence-corrected chi connectivity index (χ2v) is 1.88. The van der Waals surface area contributed by atoms with Gasteiger partial charge in [-0.05, 0) is 18.9 Å². The molecule has 0 atom stereocenters. The van der Waals surface area contributed by atoms with Crippen LogP contribution in [0, 0.1) is 0 Å². The normalized spacial score (nSPS) is 13.0. The summed E-state index contributed by atoms with van der Waals surface area (Å²) in [5.41, 5.74) is 1.18. The first-order valence-corrected chi connectivity index (χ1v) is 3.47. The van der Waals surface area contributed by atoms with Crippen molar-refractivity contribution in [2.75, 3.05) is 7.05 Å². The van der Waals surface area contributed by atoms with E-state index in [1.807, 2.05) is 7.05 Å². The van der Waals surface area contributed by atoms with Gasteiger partial charge >= 0.3 is 0 Å². The molecule has 0 aromatic carbocycles. The van der Waals surface area contributed by atoms with Gasteiger partial charge in [0, 0.05) is 12.8 Å². The van der Waals surface area contributed by atoms with E-state index in [0.29, 0.717) is 0 Å². The molecule has 1 nitrogen and oxygen atoms in total. The summed E-state index contributed by atoms with van der Waals surface area (Å²) in [6.45, 7) is 4.24. The van der Waals surface area contributed by atoms with Gasteiger partial charge in [0.15, 0.2) is 0 Å². The molecule has 9 heavy (non-hydrogen) atoms. The minimum absolute atomic E-state index is 1.03. The Morgan fingerprint density at radius 1 is 1.44 bits per heavy atom. The number of nitrogens with zero attached hydrogens (tertiary/aromatic N) is 1. The van der Waals surface area contributed by atoms with Gasteiger partial charge in [-0.1, -0.05) is 19.9 Å². The van der Waals surface area contributed by atoms with Crippen molar-refractivity contribution in [2.24, 2.45) is 4.99 Å². The Bertz CT molecular complexity index is 112. The van der Waals surface area contributed by atoms with Crippen LogP contribution >= 0.6 is 0 Å². The minimum Gasteiger partial charge on any atom is -0.293 e. The third kappa shape index (κ3) is 3.95. The summed E-state index contributed by atoms with van der Waals surface area (Å²) in [4.78, 5) is 4.07. The van der Waals surface area contributed by atoms with Gasteiger partial charge in [-0.2, -0.15) is 0 Å². The van der Waals surface area contributed by atoms with Gasteiger partial charge in [0.2, 0.25) is 0 Å². The molecule has 0 fully saturated rings. The van der Waals surface area contributed by atoms with Crippen molar-refractivity contribution in [1.29, 1.82) is 0 Å². The van der Waals surface area contributed by atoms with E-state index in [0.717, 1.165) is 12.8 Å². The van der Waals surface area contributed by atoms with E-state index in [2.05, 4.69) is 31.0 Å². The molecule has 0 bridgehead atoms. The topological polar surface area (TPSA) is 12.4 Å². The molecule has 0 heterocycles. The zero-order valence-electron chi connectivity index (χ0n) is 6.52. The Balaban J connectivity index is 3.70. The quantitative estimate of drug-likeness (QED) is 0.514. The van der Waals surface area contributed by atoms with E-state index in [1.165, 1.54) is 5.71 Å². The SMILES string of the molecule is CCC=CC(CC)=NC. The molecule has 0 rings (SSSR count). The van der Waals surface area contributed by atoms with E-state index in [-0.39, 0.29) is 0 Å². The van der Waals surface area contributed by atoms with Crippen molar-refractivity contribution < 1.29 is 0 Å². The van der Waals surface area contributed by atoms with Crippen molar-refractivity contribution in [3.05, 3.63) is 12.2 Å². The lowest BCUT2D eigenvalue weighted by Gasteiger charge is -1.90. The van der Waals surface area contributed by atoms with E-state index in [9.17, 15) is 0 Å². The molecule has 0 aliphatic carbocycles. The molecule has 0 aliphatic rings. The Hall–Kier alpha value is -0.590. The third-order valence-corrected chi connectivity index (χ3v) is 1.20. The maximum Gasteiger partial charge on any atom is 0.0338 e. The standard InChI is InChI=1S/C8H15N/c1-4-6-7-8(5-2)9-3/h6-7H,4-5H2,1-3H3. The molecule has 0 aromatic heterocycles. The fraction of sp³-hybridized carbons (Fsp3) is 0.625. The van der Waals surface area contributed by atoms with Gasteiger partial charge in [0.25, 0.3) is 0 Å². The van der Waals surface area contributed by atoms with Gasteiger partial charge in [0.1, 0.15) is 0 Å². The molecule has 1 heteroatoms.